The monoisotopic (exact) mass is 1690 g/mol. The zero-order chi connectivity index (χ0) is 85.6. The number of hydrogen-bond acceptors (Lipinski definition) is 23. The van der Waals surface area contributed by atoms with Gasteiger partial charge in [0.1, 0.15) is 68.7 Å². The molecule has 8 aliphatic heterocycles. The van der Waals surface area contributed by atoms with Crippen LogP contribution in [0.1, 0.15) is 181 Å². The molecule has 10 atom stereocenters. The largest absolute Gasteiger partial charge is 0.497 e. The number of imide groups is 2. The van der Waals surface area contributed by atoms with Crippen LogP contribution in [0, 0.1) is 11.6 Å². The Balaban J connectivity index is 0.000000156. The number of urea groups is 2. The van der Waals surface area contributed by atoms with Crippen LogP contribution in [0.4, 0.5) is 18.4 Å². The number of Topliss-reactive ketones (excluding diaryl/α,β-unsaturated/α-hetero) is 2. The highest BCUT2D eigenvalue weighted by Gasteiger charge is 2.55. The molecule has 0 spiro atoms. The predicted molar refractivity (Wildman–Crippen MR) is 434 cm³/mol. The number of carbonyl (C=O) groups is 14. The van der Waals surface area contributed by atoms with Crippen molar-refractivity contribution in [2.45, 2.75) is 187 Å². The van der Waals surface area contributed by atoms with Crippen molar-refractivity contribution < 1.29 is 104 Å². The third-order valence-electron chi connectivity index (χ3n) is 22.5. The number of rotatable bonds is 34. The van der Waals surface area contributed by atoms with E-state index in [4.69, 9.17) is 23.0 Å². The molecule has 36 heteroatoms. The van der Waals surface area contributed by atoms with E-state index in [9.17, 15) is 81.0 Å². The van der Waals surface area contributed by atoms with E-state index in [-0.39, 0.29) is 139 Å². The number of aliphatic carboxylic acids is 1. The van der Waals surface area contributed by atoms with Gasteiger partial charge >= 0.3 is 24.0 Å². The van der Waals surface area contributed by atoms with Gasteiger partial charge in [0.2, 0.25) is 35.4 Å². The average Bonchev–Trinajstić information content (AvgIpc) is 1.59. The van der Waals surface area contributed by atoms with Crippen LogP contribution in [0.25, 0.3) is 21.9 Å². The summed E-state index contributed by atoms with van der Waals surface area (Å²) >= 11 is 3.74. The molecule has 0 bridgehead atoms. The topological polar surface area (TPSA) is 440 Å². The van der Waals surface area contributed by atoms with Gasteiger partial charge in [0.15, 0.2) is 11.6 Å². The summed E-state index contributed by atoms with van der Waals surface area (Å²) in [6.45, 7) is 4.53. The molecule has 0 radical (unpaired) electrons. The molecular formula is C83H100F2N12O20S2. The first-order valence-corrected chi connectivity index (χ1v) is 41.7. The van der Waals surface area contributed by atoms with E-state index in [1.165, 1.54) is 69.2 Å². The minimum atomic E-state index is -1.48. The van der Waals surface area contributed by atoms with Crippen LogP contribution in [-0.4, -0.2) is 218 Å². The normalized spacial score (nSPS) is 22.1. The first-order valence-electron chi connectivity index (χ1n) is 39.6. The number of ketones is 2. The van der Waals surface area contributed by atoms with Crippen LogP contribution in [-0.2, 0) is 67.0 Å². The van der Waals surface area contributed by atoms with Gasteiger partial charge in [-0.1, -0.05) is 25.0 Å². The molecule has 638 valence electrons. The summed E-state index contributed by atoms with van der Waals surface area (Å²) in [5, 5.41) is 38.8. The van der Waals surface area contributed by atoms with Crippen molar-refractivity contribution in [3.05, 3.63) is 129 Å². The minimum absolute atomic E-state index is 0.0711. The molecule has 0 saturated carbocycles. The van der Waals surface area contributed by atoms with Crippen molar-refractivity contribution in [1.29, 1.82) is 0 Å². The number of thioether (sulfide) groups is 2. The Hall–Kier alpha value is -11.0. The molecule has 8 aliphatic rings. The number of nitrogens with zero attached hydrogens (tertiary/aromatic N) is 2. The van der Waals surface area contributed by atoms with Crippen molar-refractivity contribution in [3.63, 3.8) is 0 Å². The number of amides is 12. The summed E-state index contributed by atoms with van der Waals surface area (Å²) in [7, 11) is 8.10. The van der Waals surface area contributed by atoms with Crippen LogP contribution in [0.2, 0.25) is 0 Å². The number of halogens is 2. The molecule has 12 amide bonds. The summed E-state index contributed by atoms with van der Waals surface area (Å²) in [5.41, 5.74) is -0.407. The predicted octanol–water partition coefficient (Wildman–Crippen LogP) is 6.88. The van der Waals surface area contributed by atoms with Crippen molar-refractivity contribution in [1.82, 2.24) is 63.0 Å². The van der Waals surface area contributed by atoms with E-state index in [1.807, 2.05) is 37.6 Å². The summed E-state index contributed by atoms with van der Waals surface area (Å²) in [5.74, 6) is -3.61. The maximum Gasteiger partial charge on any atom is 0.328 e. The Bertz CT molecular complexity index is 4700. The number of carboxylic acid groups (broad SMARTS) is 1. The first kappa shape index (κ1) is 88.8. The number of hydrogen-bond donors (Lipinski definition) is 11. The van der Waals surface area contributed by atoms with Gasteiger partial charge in [0.05, 0.1) is 69.5 Å². The second-order valence-corrected chi connectivity index (χ2v) is 33.3. The Labute approximate surface area is 693 Å². The zero-order valence-electron chi connectivity index (χ0n) is 67.2. The fraction of sp³-hybridized carbons (Fsp3) is 0.494. The first-order chi connectivity index (χ1) is 57.0. The summed E-state index contributed by atoms with van der Waals surface area (Å²) in [4.78, 5) is 173. The number of carbonyl (C=O) groups excluding carboxylic acids is 13. The molecule has 4 unspecified atom stereocenters. The van der Waals surface area contributed by atoms with Gasteiger partial charge in [-0.25, -0.2) is 28.0 Å². The molecule has 2 aromatic heterocycles. The highest BCUT2D eigenvalue weighted by Crippen LogP contribution is 2.43. The SMILES string of the molecule is CNCCCC[C@H](NC(=O)CCCC[C@@H]1SCC2NC(=O)NC21)C(=O)O.CNCCCC[C@H](NC(=O)CCCC[C@@H]1SCC2NC(=O)NC21)C(=O)OC.COc1ccc2c(c1)C(=O)N(C[C@@]1(c3cc4cc(C(C)=O)c(F)cc4o3)CC(=O)NC1=O)C2.COc1ccc2c(c1)C(=O)N(C[C@@]1(c3cc4cc(C(C)=O)c(F)cc4o3)CC(=O)NC1=O)C2. The molecular weight excluding hydrogens is 1590 g/mol. The molecule has 0 aliphatic carbocycles. The number of unbranched alkanes of at least 4 members (excludes halogenated alkanes) is 4. The molecule has 6 saturated heterocycles. The summed E-state index contributed by atoms with van der Waals surface area (Å²) < 4.78 is 55.5. The number of furan rings is 2. The van der Waals surface area contributed by atoms with Crippen LogP contribution in [0.15, 0.2) is 81.6 Å². The number of ether oxygens (including phenoxy) is 3. The molecule has 11 N–H and O–H groups in total. The van der Waals surface area contributed by atoms with Gasteiger partial charge in [0, 0.05) is 95.1 Å². The average molecular weight is 1690 g/mol. The number of benzene rings is 4. The van der Waals surface area contributed by atoms with Crippen LogP contribution >= 0.6 is 23.5 Å². The Morgan fingerprint density at radius 3 is 1.35 bits per heavy atom. The molecule has 14 rings (SSSR count). The Morgan fingerprint density at radius 2 is 0.975 bits per heavy atom. The van der Waals surface area contributed by atoms with Crippen LogP contribution < -0.4 is 62.6 Å². The molecule has 10 heterocycles. The lowest BCUT2D eigenvalue weighted by atomic mass is 9.82. The van der Waals surface area contributed by atoms with Crippen molar-refractivity contribution in [2.75, 3.05) is 73.1 Å². The van der Waals surface area contributed by atoms with Crippen molar-refractivity contribution >= 4 is 128 Å². The van der Waals surface area contributed by atoms with Gasteiger partial charge < -0.3 is 80.5 Å². The van der Waals surface area contributed by atoms with E-state index in [1.54, 1.807) is 36.4 Å². The van der Waals surface area contributed by atoms with Crippen LogP contribution in [0.5, 0.6) is 11.5 Å². The number of esters is 1. The van der Waals surface area contributed by atoms with Gasteiger partial charge in [-0.15, -0.1) is 0 Å². The Morgan fingerprint density at radius 1 is 0.555 bits per heavy atom. The second-order valence-electron chi connectivity index (χ2n) is 30.7. The van der Waals surface area contributed by atoms with E-state index < -0.39 is 75.7 Å². The van der Waals surface area contributed by atoms with Crippen LogP contribution in [0.3, 0.4) is 0 Å². The highest BCUT2D eigenvalue weighted by molar-refractivity contribution is 8.00. The lowest BCUT2D eigenvalue weighted by Gasteiger charge is -2.28. The number of methoxy groups -OCH3 is 3. The third kappa shape index (κ3) is 21.0. The molecule has 32 nitrogen and oxygen atoms in total. The number of fused-ring (bicyclic) bond motifs is 6. The minimum Gasteiger partial charge on any atom is -0.497 e. The summed E-state index contributed by atoms with van der Waals surface area (Å²) in [6.07, 6.45) is 10.1. The maximum atomic E-state index is 14.3. The fourth-order valence-electron chi connectivity index (χ4n) is 16.1. The second kappa shape index (κ2) is 39.7. The third-order valence-corrected chi connectivity index (χ3v) is 25.5. The lowest BCUT2D eigenvalue weighted by Crippen LogP contribution is -2.46. The molecule has 6 aromatic rings. The number of nitrogens with one attached hydrogen (secondary N) is 10. The highest BCUT2D eigenvalue weighted by atomic mass is 32.2. The number of carboxylic acids is 1. The maximum absolute atomic E-state index is 14.3. The fourth-order valence-corrected chi connectivity index (χ4v) is 19.2. The lowest BCUT2D eigenvalue weighted by molar-refractivity contribution is -0.145. The molecule has 4 aromatic carbocycles. The molecule has 119 heavy (non-hydrogen) atoms. The standard InChI is InChI=1S/2C24H19FN2O6.C18H32N4O4S.C17H30N4O4S/c2*1-12(28)16-5-14-6-20(33-19(14)8-18(16)25)24(9-21(29)26-23(24)31)11-27-10-13-3-4-15(32-2)7-17(13)22(27)30;1-19-10-6-5-7-12(17(24)26-2)20-15(23)9-4-3-8-14-16-13(11-27-14)21-18(25)22-16;1-18-9-5-4-6-11(16(23)24)19-14(22)8-3-2-7-13-15-12(10-26-13)20-17(25)21-15/h2*3-8H,9-11H2,1-2H3,(H,26,29,31);12-14,16,19H,3-11H2,1-2H3,(H,20,23)(H2,21,22,25);11-13,15,18H,2-10H2,1H3,(H,19,22)(H,23,24)(H2,20,21,25)/t2*24-;12-,13?,14-,16?;11-,12?,13-,15?/m1100/s1. The van der Waals surface area contributed by atoms with Gasteiger partial charge in [-0.05, 0) is 165 Å². The Kier molecular flexibility index (Phi) is 29.6. The molecule has 6 fully saturated rings. The van der Waals surface area contributed by atoms with E-state index in [0.29, 0.717) is 69.6 Å². The van der Waals surface area contributed by atoms with Gasteiger partial charge in [0.25, 0.3) is 11.8 Å². The quantitative estimate of drug-likeness (QED) is 0.00644. The zero-order valence-corrected chi connectivity index (χ0v) is 68.8. The van der Waals surface area contributed by atoms with E-state index in [0.717, 1.165) is 112 Å². The van der Waals surface area contributed by atoms with Crippen molar-refractivity contribution in [3.8, 4) is 11.5 Å². The van der Waals surface area contributed by atoms with Gasteiger partial charge in [-0.2, -0.15) is 23.5 Å². The van der Waals surface area contributed by atoms with E-state index >= 15 is 0 Å². The smallest absolute Gasteiger partial charge is 0.328 e. The van der Waals surface area contributed by atoms with E-state index in [2.05, 4.69) is 53.2 Å². The summed E-state index contributed by atoms with van der Waals surface area (Å²) in [6, 6.07) is 17.6. The van der Waals surface area contributed by atoms with Gasteiger partial charge in [-0.3, -0.25) is 58.6 Å². The van der Waals surface area contributed by atoms with Crippen molar-refractivity contribution in [2.24, 2.45) is 0 Å².